The molecule has 2 aromatic rings. The predicted octanol–water partition coefficient (Wildman–Crippen LogP) is 6.74. The molecule has 2 heterocycles. The quantitative estimate of drug-likeness (QED) is 0.572. The normalized spacial score (nSPS) is 21.0. The van der Waals surface area contributed by atoms with E-state index in [1.807, 2.05) is 11.8 Å². The maximum absolute atomic E-state index is 2.77. The minimum Gasteiger partial charge on any atom is -0.302 e. The van der Waals surface area contributed by atoms with Crippen molar-refractivity contribution in [2.75, 3.05) is 19.6 Å². The van der Waals surface area contributed by atoms with Gasteiger partial charge in [-0.2, -0.15) is 0 Å². The second-order valence-corrected chi connectivity index (χ2v) is 9.44. The van der Waals surface area contributed by atoms with Crippen LogP contribution in [0.5, 0.6) is 0 Å². The zero-order valence-electron chi connectivity index (χ0n) is 16.1. The Labute approximate surface area is 167 Å². The zero-order chi connectivity index (χ0) is 18.1. The van der Waals surface area contributed by atoms with Crippen molar-refractivity contribution in [3.8, 4) is 0 Å². The molecular weight excluding hydrogens is 346 g/mol. The minimum atomic E-state index is 0.937. The summed E-state index contributed by atoms with van der Waals surface area (Å²) in [6, 6.07) is 18.1. The summed E-state index contributed by atoms with van der Waals surface area (Å²) in [5.41, 5.74) is 6.17. The van der Waals surface area contributed by atoms with Gasteiger partial charge in [0.15, 0.2) is 0 Å². The van der Waals surface area contributed by atoms with Gasteiger partial charge in [-0.25, -0.2) is 0 Å². The van der Waals surface area contributed by atoms with Gasteiger partial charge in [-0.3, -0.25) is 0 Å². The largest absolute Gasteiger partial charge is 0.302 e. The van der Waals surface area contributed by atoms with Crippen LogP contribution in [0.2, 0.25) is 0 Å². The minimum absolute atomic E-state index is 0.937. The summed E-state index contributed by atoms with van der Waals surface area (Å²) < 4.78 is 0. The van der Waals surface area contributed by atoms with Gasteiger partial charge in [0.25, 0.3) is 0 Å². The molecule has 3 aliphatic rings. The molecule has 140 valence electrons. The summed E-state index contributed by atoms with van der Waals surface area (Å²) in [4.78, 5) is 5.62. The molecule has 1 aliphatic carbocycles. The molecule has 0 bridgehead atoms. The summed E-state index contributed by atoms with van der Waals surface area (Å²) >= 11 is 1.95. The molecule has 1 nitrogen and oxygen atoms in total. The molecule has 0 amide bonds. The Balaban J connectivity index is 1.46. The molecule has 27 heavy (non-hydrogen) atoms. The van der Waals surface area contributed by atoms with Crippen LogP contribution in [-0.2, 0) is 0 Å². The molecule has 0 radical (unpaired) electrons. The molecule has 0 N–H and O–H groups in total. The second kappa shape index (κ2) is 7.85. The lowest BCUT2D eigenvalue weighted by Crippen LogP contribution is -2.31. The first kappa shape index (κ1) is 17.6. The molecule has 0 saturated heterocycles. The van der Waals surface area contributed by atoms with Gasteiger partial charge in [0.1, 0.15) is 0 Å². The number of hydrogen-bond donors (Lipinski definition) is 0. The van der Waals surface area contributed by atoms with Gasteiger partial charge in [0.2, 0.25) is 0 Å². The van der Waals surface area contributed by atoms with Crippen molar-refractivity contribution in [2.45, 2.75) is 54.7 Å². The molecule has 0 unspecified atom stereocenters. The molecule has 1 fully saturated rings. The SMILES string of the molecule is c1ccc2c(c1)Sc1ccccc1C1=C2CCN(CC2CCCCC2)CC1. The summed E-state index contributed by atoms with van der Waals surface area (Å²) in [5, 5.41) is 0. The van der Waals surface area contributed by atoms with Crippen LogP contribution < -0.4 is 0 Å². The first-order chi connectivity index (χ1) is 13.4. The van der Waals surface area contributed by atoms with Gasteiger partial charge in [-0.05, 0) is 66.0 Å². The second-order valence-electron chi connectivity index (χ2n) is 8.36. The van der Waals surface area contributed by atoms with Gasteiger partial charge in [-0.1, -0.05) is 67.4 Å². The number of benzene rings is 2. The van der Waals surface area contributed by atoms with Crippen LogP contribution in [0.4, 0.5) is 0 Å². The van der Waals surface area contributed by atoms with Crippen molar-refractivity contribution < 1.29 is 0 Å². The van der Waals surface area contributed by atoms with E-state index in [1.165, 1.54) is 85.5 Å². The summed E-state index contributed by atoms with van der Waals surface area (Å²) in [5.74, 6) is 0.937. The average Bonchev–Trinajstić information content (AvgIpc) is 2.99. The van der Waals surface area contributed by atoms with Crippen LogP contribution in [0.1, 0.15) is 56.1 Å². The maximum Gasteiger partial charge on any atom is 0.0197 e. The summed E-state index contributed by atoms with van der Waals surface area (Å²) in [6.07, 6.45) is 9.63. The lowest BCUT2D eigenvalue weighted by Gasteiger charge is -2.29. The highest BCUT2D eigenvalue weighted by molar-refractivity contribution is 7.99. The molecule has 5 rings (SSSR count). The number of rotatable bonds is 2. The highest BCUT2D eigenvalue weighted by atomic mass is 32.2. The van der Waals surface area contributed by atoms with E-state index in [1.54, 1.807) is 11.1 Å². The van der Waals surface area contributed by atoms with Crippen molar-refractivity contribution in [1.29, 1.82) is 0 Å². The monoisotopic (exact) mass is 375 g/mol. The average molecular weight is 376 g/mol. The molecule has 1 saturated carbocycles. The van der Waals surface area contributed by atoms with Gasteiger partial charge < -0.3 is 4.90 Å². The van der Waals surface area contributed by atoms with Crippen molar-refractivity contribution in [3.05, 3.63) is 59.7 Å². The van der Waals surface area contributed by atoms with Gasteiger partial charge in [-0.15, -0.1) is 0 Å². The number of nitrogens with zero attached hydrogens (tertiary/aromatic N) is 1. The summed E-state index contributed by atoms with van der Waals surface area (Å²) in [6.45, 7) is 3.76. The molecule has 2 heteroatoms. The van der Waals surface area contributed by atoms with Gasteiger partial charge in [0.05, 0.1) is 0 Å². The van der Waals surface area contributed by atoms with Crippen molar-refractivity contribution in [2.24, 2.45) is 5.92 Å². The first-order valence-corrected chi connectivity index (χ1v) is 11.5. The third-order valence-corrected chi connectivity index (χ3v) is 7.76. The van der Waals surface area contributed by atoms with E-state index in [2.05, 4.69) is 53.4 Å². The van der Waals surface area contributed by atoms with Crippen LogP contribution in [0, 0.1) is 5.92 Å². The predicted molar refractivity (Wildman–Crippen MR) is 116 cm³/mol. The topological polar surface area (TPSA) is 3.24 Å². The fraction of sp³-hybridized carbons (Fsp3) is 0.440. The lowest BCUT2D eigenvalue weighted by atomic mass is 9.89. The van der Waals surface area contributed by atoms with Crippen molar-refractivity contribution in [1.82, 2.24) is 4.90 Å². The van der Waals surface area contributed by atoms with Crippen molar-refractivity contribution >= 4 is 22.9 Å². The smallest absolute Gasteiger partial charge is 0.0197 e. The Bertz CT molecular complexity index is 787. The molecule has 2 aliphatic heterocycles. The molecule has 0 atom stereocenters. The molecule has 2 aromatic carbocycles. The van der Waals surface area contributed by atoms with E-state index >= 15 is 0 Å². The fourth-order valence-electron chi connectivity index (χ4n) is 5.19. The standard InChI is InChI=1S/C25H29NS/c1-2-8-19(9-3-1)18-26-16-14-20-21(15-17-26)23-11-5-7-13-25(23)27-24-12-6-4-10-22(20)24/h4-7,10-13,19H,1-3,8-9,14-18H2. The zero-order valence-corrected chi connectivity index (χ0v) is 16.9. The van der Waals surface area contributed by atoms with Crippen LogP contribution in [0.3, 0.4) is 0 Å². The Morgan fingerprint density at radius 1 is 0.741 bits per heavy atom. The third kappa shape index (κ3) is 3.62. The van der Waals surface area contributed by atoms with Crippen LogP contribution in [0.25, 0.3) is 11.1 Å². The number of fused-ring (bicyclic) bond motifs is 4. The van der Waals surface area contributed by atoms with E-state index in [4.69, 9.17) is 0 Å². The van der Waals surface area contributed by atoms with Crippen LogP contribution in [0.15, 0.2) is 58.3 Å². The van der Waals surface area contributed by atoms with Crippen LogP contribution >= 0.6 is 11.8 Å². The fourth-order valence-corrected chi connectivity index (χ4v) is 6.33. The Hall–Kier alpha value is -1.51. The third-order valence-electron chi connectivity index (χ3n) is 6.61. The molecule has 0 aromatic heterocycles. The van der Waals surface area contributed by atoms with E-state index in [9.17, 15) is 0 Å². The Kier molecular flexibility index (Phi) is 5.11. The highest BCUT2D eigenvalue weighted by Gasteiger charge is 2.26. The van der Waals surface area contributed by atoms with E-state index < -0.39 is 0 Å². The maximum atomic E-state index is 2.77. The van der Waals surface area contributed by atoms with E-state index in [0.717, 1.165) is 5.92 Å². The molecule has 0 spiro atoms. The summed E-state index contributed by atoms with van der Waals surface area (Å²) in [7, 11) is 0. The Morgan fingerprint density at radius 3 is 1.89 bits per heavy atom. The van der Waals surface area contributed by atoms with E-state index in [0.29, 0.717) is 0 Å². The van der Waals surface area contributed by atoms with Crippen molar-refractivity contribution in [3.63, 3.8) is 0 Å². The van der Waals surface area contributed by atoms with Gasteiger partial charge >= 0.3 is 0 Å². The number of hydrogen-bond acceptors (Lipinski definition) is 2. The molecular formula is C25H29NS. The Morgan fingerprint density at radius 2 is 1.30 bits per heavy atom. The van der Waals surface area contributed by atoms with Gasteiger partial charge in [0, 0.05) is 29.4 Å². The highest BCUT2D eigenvalue weighted by Crippen LogP contribution is 2.46. The first-order valence-electron chi connectivity index (χ1n) is 10.7. The lowest BCUT2D eigenvalue weighted by molar-refractivity contribution is 0.209. The van der Waals surface area contributed by atoms with Crippen LogP contribution in [-0.4, -0.2) is 24.5 Å². The van der Waals surface area contributed by atoms with E-state index in [-0.39, 0.29) is 0 Å².